The molecule has 0 aliphatic heterocycles. The quantitative estimate of drug-likeness (QED) is 0.401. The van der Waals surface area contributed by atoms with Crippen molar-refractivity contribution in [3.63, 3.8) is 0 Å². The van der Waals surface area contributed by atoms with Crippen LogP contribution in [-0.2, 0) is 4.79 Å². The van der Waals surface area contributed by atoms with Crippen LogP contribution in [-0.4, -0.2) is 40.7 Å². The molecule has 11 heteroatoms. The van der Waals surface area contributed by atoms with E-state index >= 15 is 0 Å². The van der Waals surface area contributed by atoms with E-state index in [4.69, 9.17) is 8.83 Å². The molecule has 1 aromatic carbocycles. The van der Waals surface area contributed by atoms with Gasteiger partial charge in [-0.2, -0.15) is 9.36 Å². The number of halogens is 1. The maximum atomic E-state index is 12.5. The molecular formula is C21H19BrN4O5S. The Hall–Kier alpha value is -3.31. The van der Waals surface area contributed by atoms with Gasteiger partial charge in [0.25, 0.3) is 5.91 Å². The zero-order valence-electron chi connectivity index (χ0n) is 17.6. The zero-order valence-corrected chi connectivity index (χ0v) is 20.0. The predicted octanol–water partition coefficient (Wildman–Crippen LogP) is 4.24. The van der Waals surface area contributed by atoms with Crippen LogP contribution in [0.1, 0.15) is 21.7 Å². The van der Waals surface area contributed by atoms with E-state index in [-0.39, 0.29) is 16.3 Å². The average Bonchev–Trinajstić information content (AvgIpc) is 3.38. The molecule has 32 heavy (non-hydrogen) atoms. The van der Waals surface area contributed by atoms with E-state index in [0.29, 0.717) is 27.2 Å². The number of aryl methyl sites for hydroxylation is 2. The Morgan fingerprint density at radius 2 is 1.84 bits per heavy atom. The van der Waals surface area contributed by atoms with Crippen molar-refractivity contribution in [1.82, 2.24) is 14.3 Å². The Bertz CT molecular complexity index is 1340. The average molecular weight is 519 g/mol. The number of furan rings is 1. The molecule has 0 aliphatic rings. The highest BCUT2D eigenvalue weighted by molar-refractivity contribution is 9.10. The number of carbonyl (C=O) groups is 2. The van der Waals surface area contributed by atoms with Crippen LogP contribution in [0.4, 0.5) is 5.13 Å². The molecule has 4 rings (SSSR count). The summed E-state index contributed by atoms with van der Waals surface area (Å²) in [6.07, 6.45) is 0.750. The minimum Gasteiger partial charge on any atom is -0.451 e. The molecular weight excluding hydrogens is 500 g/mol. The molecule has 0 aliphatic carbocycles. The maximum absolute atomic E-state index is 12.5. The number of carbonyl (C=O) groups excluding carboxylic acids is 2. The van der Waals surface area contributed by atoms with Crippen LogP contribution < -0.4 is 10.7 Å². The smallest absolute Gasteiger partial charge is 0.293 e. The largest absolute Gasteiger partial charge is 0.451 e. The molecule has 3 aromatic heterocycles. The summed E-state index contributed by atoms with van der Waals surface area (Å²) < 4.78 is 15.7. The Kier molecular flexibility index (Phi) is 7.21. The Balaban J connectivity index is 0.000000523. The third kappa shape index (κ3) is 5.48. The van der Waals surface area contributed by atoms with Crippen molar-refractivity contribution < 1.29 is 18.4 Å². The number of hydrogen-bond donors (Lipinski definition) is 1. The summed E-state index contributed by atoms with van der Waals surface area (Å²) in [6, 6.07) is 8.13. The van der Waals surface area contributed by atoms with Gasteiger partial charge in [-0.05, 0) is 65.2 Å². The molecule has 0 fully saturated rings. The lowest BCUT2D eigenvalue weighted by molar-refractivity contribution is -0.115. The van der Waals surface area contributed by atoms with Gasteiger partial charge < -0.3 is 13.7 Å². The summed E-state index contributed by atoms with van der Waals surface area (Å²) in [6.45, 7) is 3.83. The minimum absolute atomic E-state index is 0.0896. The first-order valence-electron chi connectivity index (χ1n) is 9.25. The van der Waals surface area contributed by atoms with Crippen LogP contribution in [0.3, 0.4) is 0 Å². The molecule has 0 saturated heterocycles. The topological polar surface area (TPSA) is 119 Å². The van der Waals surface area contributed by atoms with Crippen molar-refractivity contribution in [1.29, 1.82) is 0 Å². The fourth-order valence-electron chi connectivity index (χ4n) is 2.49. The van der Waals surface area contributed by atoms with Gasteiger partial charge in [0.1, 0.15) is 5.58 Å². The first-order valence-corrected chi connectivity index (χ1v) is 10.8. The number of aromatic nitrogens is 2. The molecule has 2 amide bonds. The van der Waals surface area contributed by atoms with Crippen LogP contribution in [0.15, 0.2) is 48.6 Å². The van der Waals surface area contributed by atoms with Gasteiger partial charge >= 0.3 is 0 Å². The first-order chi connectivity index (χ1) is 15.2. The van der Waals surface area contributed by atoms with Crippen LogP contribution in [0.5, 0.6) is 0 Å². The van der Waals surface area contributed by atoms with E-state index in [9.17, 15) is 14.4 Å². The van der Waals surface area contributed by atoms with Crippen molar-refractivity contribution >= 4 is 55.9 Å². The number of fused-ring (bicyclic) bond motifs is 1. The minimum atomic E-state index is -0.574. The normalized spacial score (nSPS) is 10.4. The predicted molar refractivity (Wildman–Crippen MR) is 125 cm³/mol. The SMILES string of the molecule is CN(C)C=O.Cc1cc2oc(C(=O)Nc3nc(-c4ccc(Br)o4)ns3)cc(=O)c2cc1C. The molecule has 0 saturated carbocycles. The number of amides is 2. The lowest BCUT2D eigenvalue weighted by atomic mass is 10.1. The van der Waals surface area contributed by atoms with E-state index in [1.807, 2.05) is 13.8 Å². The second kappa shape index (κ2) is 9.88. The van der Waals surface area contributed by atoms with E-state index in [1.165, 1.54) is 11.0 Å². The second-order valence-electron chi connectivity index (χ2n) is 6.96. The summed E-state index contributed by atoms with van der Waals surface area (Å²) in [7, 11) is 3.38. The highest BCUT2D eigenvalue weighted by atomic mass is 79.9. The van der Waals surface area contributed by atoms with Crippen molar-refractivity contribution in [2.45, 2.75) is 13.8 Å². The molecule has 3 heterocycles. The molecule has 9 nitrogen and oxygen atoms in total. The summed E-state index contributed by atoms with van der Waals surface area (Å²) in [5, 5.41) is 3.30. The lowest BCUT2D eigenvalue weighted by Crippen LogP contribution is -2.15. The number of nitrogens with one attached hydrogen (secondary N) is 1. The van der Waals surface area contributed by atoms with Crippen molar-refractivity contribution in [2.24, 2.45) is 0 Å². The van der Waals surface area contributed by atoms with Crippen molar-refractivity contribution in [2.75, 3.05) is 19.4 Å². The molecule has 0 bridgehead atoms. The highest BCUT2D eigenvalue weighted by Crippen LogP contribution is 2.26. The Labute approximate surface area is 195 Å². The van der Waals surface area contributed by atoms with E-state index in [2.05, 4.69) is 30.6 Å². The monoisotopic (exact) mass is 518 g/mol. The number of nitrogens with zero attached hydrogens (tertiary/aromatic N) is 3. The standard InChI is InChI=1S/C18H12BrN3O4S.C3H7NO/c1-8-5-10-11(23)7-14(25-13(10)6-9(8)2)17(24)21-18-20-16(22-27-18)12-3-4-15(19)26-12;1-4(2)3-5/h3-7H,1-2H3,(H,20,21,22,24);3H,1-2H3. The molecule has 0 atom stereocenters. The number of benzene rings is 1. The van der Waals surface area contributed by atoms with Crippen molar-refractivity contribution in [3.8, 4) is 11.6 Å². The van der Waals surface area contributed by atoms with Crippen LogP contribution >= 0.6 is 27.5 Å². The number of rotatable bonds is 4. The molecule has 4 aromatic rings. The summed E-state index contributed by atoms with van der Waals surface area (Å²) in [5.74, 6) is 0.164. The van der Waals surface area contributed by atoms with Crippen LogP contribution in [0.25, 0.3) is 22.6 Å². The lowest BCUT2D eigenvalue weighted by Gasteiger charge is -2.05. The molecule has 0 unspecified atom stereocenters. The van der Waals surface area contributed by atoms with Gasteiger partial charge in [0.05, 0.1) is 5.39 Å². The first kappa shape index (κ1) is 23.4. The van der Waals surface area contributed by atoms with Gasteiger partial charge in [-0.25, -0.2) is 0 Å². The highest BCUT2D eigenvalue weighted by Gasteiger charge is 2.17. The fourth-order valence-corrected chi connectivity index (χ4v) is 3.37. The third-order valence-corrected chi connectivity index (χ3v) is 5.27. The van der Waals surface area contributed by atoms with E-state index < -0.39 is 5.91 Å². The van der Waals surface area contributed by atoms with Gasteiger partial charge in [-0.15, -0.1) is 0 Å². The Morgan fingerprint density at radius 1 is 1.16 bits per heavy atom. The number of anilines is 1. The molecule has 1 N–H and O–H groups in total. The van der Waals surface area contributed by atoms with Gasteiger partial charge in [-0.1, -0.05) is 0 Å². The van der Waals surface area contributed by atoms with E-state index in [0.717, 1.165) is 29.1 Å². The second-order valence-corrected chi connectivity index (χ2v) is 8.49. The van der Waals surface area contributed by atoms with Crippen molar-refractivity contribution in [3.05, 3.63) is 62.1 Å². The Morgan fingerprint density at radius 3 is 2.47 bits per heavy atom. The van der Waals surface area contributed by atoms with Gasteiger partial charge in [-0.3, -0.25) is 19.7 Å². The maximum Gasteiger partial charge on any atom is 0.293 e. The number of hydrogen-bond acceptors (Lipinski definition) is 8. The molecule has 166 valence electrons. The van der Waals surface area contributed by atoms with Gasteiger partial charge in [0, 0.05) is 31.7 Å². The van der Waals surface area contributed by atoms with Gasteiger partial charge in [0.2, 0.25) is 17.4 Å². The molecule has 0 spiro atoms. The van der Waals surface area contributed by atoms with Crippen LogP contribution in [0.2, 0.25) is 0 Å². The summed E-state index contributed by atoms with van der Waals surface area (Å²) >= 11 is 4.21. The summed E-state index contributed by atoms with van der Waals surface area (Å²) in [4.78, 5) is 39.9. The van der Waals surface area contributed by atoms with Crippen LogP contribution in [0, 0.1) is 13.8 Å². The summed E-state index contributed by atoms with van der Waals surface area (Å²) in [5.41, 5.74) is 2.05. The fraction of sp³-hybridized carbons (Fsp3) is 0.190. The molecule has 0 radical (unpaired) electrons. The van der Waals surface area contributed by atoms with E-state index in [1.54, 1.807) is 38.4 Å². The zero-order chi connectivity index (χ0) is 23.4. The third-order valence-electron chi connectivity index (χ3n) is 4.22. The van der Waals surface area contributed by atoms with Gasteiger partial charge in [0.15, 0.2) is 21.6 Å².